The van der Waals surface area contributed by atoms with Crippen LogP contribution in [0.4, 0.5) is 4.39 Å². The number of hydrogen-bond acceptors (Lipinski definition) is 4. The van der Waals surface area contributed by atoms with E-state index in [1.54, 1.807) is 0 Å². The number of rotatable bonds is 5. The van der Waals surface area contributed by atoms with Crippen molar-refractivity contribution in [2.45, 2.75) is 19.3 Å². The van der Waals surface area contributed by atoms with Crippen LogP contribution in [0.1, 0.15) is 39.3 Å². The molecule has 0 atom stereocenters. The molecule has 0 radical (unpaired) electrons. The first-order valence-electron chi connectivity index (χ1n) is 8.89. The molecule has 6 nitrogen and oxygen atoms in total. The van der Waals surface area contributed by atoms with E-state index in [1.165, 1.54) is 34.9 Å². The van der Waals surface area contributed by atoms with Gasteiger partial charge in [-0.2, -0.15) is 0 Å². The standard InChI is InChI=1S/C20H22FN3O3/c1-23(2)11-10-22-19(26)16-12-15-17(4-3-5-18(15)25)24(20(16)27)14-8-6-13(21)7-9-14/h6-9,12H,3-5,10-11H2,1-2H3,(H,22,26). The Morgan fingerprint density at radius 2 is 1.89 bits per heavy atom. The van der Waals surface area contributed by atoms with Crippen LogP contribution in [0.5, 0.6) is 0 Å². The summed E-state index contributed by atoms with van der Waals surface area (Å²) in [6, 6.07) is 6.86. The molecule has 0 saturated heterocycles. The first-order chi connectivity index (χ1) is 12.9. The molecule has 0 spiro atoms. The molecule has 1 aromatic heterocycles. The zero-order chi connectivity index (χ0) is 19.6. The van der Waals surface area contributed by atoms with Gasteiger partial charge >= 0.3 is 0 Å². The van der Waals surface area contributed by atoms with Gasteiger partial charge in [0.15, 0.2) is 5.78 Å². The SMILES string of the molecule is CN(C)CCNC(=O)c1cc2c(n(-c3ccc(F)cc3)c1=O)CCCC2=O. The highest BCUT2D eigenvalue weighted by atomic mass is 19.1. The van der Waals surface area contributed by atoms with E-state index >= 15 is 0 Å². The number of aromatic nitrogens is 1. The number of fused-ring (bicyclic) bond motifs is 1. The van der Waals surface area contributed by atoms with Crippen molar-refractivity contribution < 1.29 is 14.0 Å². The first-order valence-corrected chi connectivity index (χ1v) is 8.89. The molecule has 7 heteroatoms. The number of ketones is 1. The van der Waals surface area contributed by atoms with Gasteiger partial charge in [0, 0.05) is 36.5 Å². The number of likely N-dealkylation sites (N-methyl/N-ethyl adjacent to an activating group) is 1. The summed E-state index contributed by atoms with van der Waals surface area (Å²) in [7, 11) is 3.76. The molecular formula is C20H22FN3O3. The van der Waals surface area contributed by atoms with Crippen LogP contribution in [-0.2, 0) is 6.42 Å². The lowest BCUT2D eigenvalue weighted by molar-refractivity contribution is 0.0949. The van der Waals surface area contributed by atoms with Crippen molar-refractivity contribution in [3.05, 3.63) is 63.3 Å². The van der Waals surface area contributed by atoms with Gasteiger partial charge in [-0.3, -0.25) is 19.0 Å². The number of halogens is 1. The Morgan fingerprint density at radius 1 is 1.19 bits per heavy atom. The summed E-state index contributed by atoms with van der Waals surface area (Å²) in [5.41, 5.74) is 0.829. The zero-order valence-corrected chi connectivity index (χ0v) is 15.4. The largest absolute Gasteiger partial charge is 0.351 e. The van der Waals surface area contributed by atoms with Crippen molar-refractivity contribution in [3.8, 4) is 5.69 Å². The van der Waals surface area contributed by atoms with E-state index < -0.39 is 17.3 Å². The molecule has 1 N–H and O–H groups in total. The Morgan fingerprint density at radius 3 is 2.56 bits per heavy atom. The second-order valence-corrected chi connectivity index (χ2v) is 6.87. The fourth-order valence-corrected chi connectivity index (χ4v) is 3.21. The zero-order valence-electron chi connectivity index (χ0n) is 15.4. The van der Waals surface area contributed by atoms with Crippen LogP contribution in [0.2, 0.25) is 0 Å². The average Bonchev–Trinajstić information content (AvgIpc) is 2.62. The Hall–Kier alpha value is -2.80. The van der Waals surface area contributed by atoms with Crippen LogP contribution in [0.3, 0.4) is 0 Å². The quantitative estimate of drug-likeness (QED) is 0.870. The molecular weight excluding hydrogens is 349 g/mol. The normalized spacial score (nSPS) is 13.6. The number of nitrogens with one attached hydrogen (secondary N) is 1. The summed E-state index contributed by atoms with van der Waals surface area (Å²) in [6.07, 6.45) is 1.58. The molecule has 27 heavy (non-hydrogen) atoms. The van der Waals surface area contributed by atoms with Crippen LogP contribution >= 0.6 is 0 Å². The molecule has 0 unspecified atom stereocenters. The van der Waals surface area contributed by atoms with E-state index in [-0.39, 0.29) is 11.3 Å². The van der Waals surface area contributed by atoms with Crippen molar-refractivity contribution in [1.29, 1.82) is 0 Å². The van der Waals surface area contributed by atoms with E-state index in [9.17, 15) is 18.8 Å². The summed E-state index contributed by atoms with van der Waals surface area (Å²) >= 11 is 0. The Kier molecular flexibility index (Phi) is 5.51. The molecule has 142 valence electrons. The summed E-state index contributed by atoms with van der Waals surface area (Å²) in [4.78, 5) is 39.9. The number of amides is 1. The summed E-state index contributed by atoms with van der Waals surface area (Å²) in [5, 5.41) is 2.72. The van der Waals surface area contributed by atoms with Gasteiger partial charge in [0.05, 0.1) is 0 Å². The minimum atomic E-state index is -0.515. The highest BCUT2D eigenvalue weighted by Crippen LogP contribution is 2.23. The number of nitrogens with zero attached hydrogens (tertiary/aromatic N) is 2. The van der Waals surface area contributed by atoms with Gasteiger partial charge in [-0.15, -0.1) is 0 Å². The highest BCUT2D eigenvalue weighted by Gasteiger charge is 2.26. The number of carbonyl (C=O) groups is 2. The minimum absolute atomic E-state index is 0.0768. The number of Topliss-reactive ketones (excluding diaryl/α,β-unsaturated/α-hetero) is 1. The van der Waals surface area contributed by atoms with E-state index in [4.69, 9.17) is 0 Å². The molecule has 1 aromatic carbocycles. The Balaban J connectivity index is 2.10. The van der Waals surface area contributed by atoms with Gasteiger partial charge in [0.2, 0.25) is 0 Å². The van der Waals surface area contributed by atoms with Gasteiger partial charge in [-0.05, 0) is 57.3 Å². The predicted molar refractivity (Wildman–Crippen MR) is 100 cm³/mol. The number of benzene rings is 1. The van der Waals surface area contributed by atoms with Crippen molar-refractivity contribution in [2.75, 3.05) is 27.2 Å². The third kappa shape index (κ3) is 3.98. The average molecular weight is 371 g/mol. The van der Waals surface area contributed by atoms with Crippen molar-refractivity contribution in [2.24, 2.45) is 0 Å². The van der Waals surface area contributed by atoms with Gasteiger partial charge < -0.3 is 10.2 Å². The molecule has 0 bridgehead atoms. The van der Waals surface area contributed by atoms with Gasteiger partial charge in [0.1, 0.15) is 11.4 Å². The van der Waals surface area contributed by atoms with E-state index in [1.807, 2.05) is 19.0 Å². The van der Waals surface area contributed by atoms with Crippen molar-refractivity contribution >= 4 is 11.7 Å². The lowest BCUT2D eigenvalue weighted by Gasteiger charge is -2.21. The van der Waals surface area contributed by atoms with Gasteiger partial charge in [-0.25, -0.2) is 4.39 Å². The fourth-order valence-electron chi connectivity index (χ4n) is 3.21. The number of hydrogen-bond donors (Lipinski definition) is 1. The van der Waals surface area contributed by atoms with Crippen molar-refractivity contribution in [3.63, 3.8) is 0 Å². The van der Waals surface area contributed by atoms with Gasteiger partial charge in [0.25, 0.3) is 11.5 Å². The molecule has 0 saturated carbocycles. The minimum Gasteiger partial charge on any atom is -0.351 e. The highest BCUT2D eigenvalue weighted by molar-refractivity contribution is 6.01. The summed E-state index contributed by atoms with van der Waals surface area (Å²) in [6.45, 7) is 1.01. The molecule has 2 aromatic rings. The summed E-state index contributed by atoms with van der Waals surface area (Å²) in [5.74, 6) is -1.03. The maximum absolute atomic E-state index is 13.3. The molecule has 1 aliphatic carbocycles. The topological polar surface area (TPSA) is 71.4 Å². The maximum Gasteiger partial charge on any atom is 0.268 e. The second kappa shape index (κ2) is 7.84. The van der Waals surface area contributed by atoms with E-state index in [0.29, 0.717) is 49.3 Å². The molecule has 3 rings (SSSR count). The fraction of sp³-hybridized carbons (Fsp3) is 0.350. The maximum atomic E-state index is 13.3. The smallest absolute Gasteiger partial charge is 0.268 e. The second-order valence-electron chi connectivity index (χ2n) is 6.87. The molecule has 0 fully saturated rings. The molecule has 1 amide bonds. The Labute approximate surface area is 156 Å². The molecule has 1 heterocycles. The van der Waals surface area contributed by atoms with Crippen LogP contribution in [-0.4, -0.2) is 48.3 Å². The first kappa shape index (κ1) is 19.0. The van der Waals surface area contributed by atoms with Crippen LogP contribution < -0.4 is 10.9 Å². The van der Waals surface area contributed by atoms with Crippen LogP contribution in [0, 0.1) is 5.82 Å². The predicted octanol–water partition coefficient (Wildman–Crippen LogP) is 1.79. The summed E-state index contributed by atoms with van der Waals surface area (Å²) < 4.78 is 14.7. The lowest BCUT2D eigenvalue weighted by Crippen LogP contribution is -2.38. The van der Waals surface area contributed by atoms with E-state index in [2.05, 4.69) is 5.32 Å². The number of carbonyl (C=O) groups excluding carboxylic acids is 2. The lowest BCUT2D eigenvalue weighted by atomic mass is 9.92. The van der Waals surface area contributed by atoms with Crippen molar-refractivity contribution in [1.82, 2.24) is 14.8 Å². The van der Waals surface area contributed by atoms with Gasteiger partial charge in [-0.1, -0.05) is 0 Å². The molecule has 1 aliphatic rings. The Bertz CT molecular complexity index is 933. The molecule has 0 aliphatic heterocycles. The third-order valence-corrected chi connectivity index (χ3v) is 4.59. The van der Waals surface area contributed by atoms with Crippen LogP contribution in [0.15, 0.2) is 35.1 Å². The van der Waals surface area contributed by atoms with Crippen LogP contribution in [0.25, 0.3) is 5.69 Å². The monoisotopic (exact) mass is 371 g/mol. The van der Waals surface area contributed by atoms with E-state index in [0.717, 1.165) is 0 Å². The third-order valence-electron chi connectivity index (χ3n) is 4.59. The number of pyridine rings is 1.